The first-order chi connectivity index (χ1) is 10.3. The Morgan fingerprint density at radius 1 is 0.957 bits per heavy atom. The number of aliphatic hydroxyl groups is 1. The van der Waals surface area contributed by atoms with Gasteiger partial charge in [0.05, 0.1) is 13.2 Å². The summed E-state index contributed by atoms with van der Waals surface area (Å²) < 4.78 is 85.6. The molecule has 0 amide bonds. The molecule has 0 heterocycles. The molecule has 0 radical (unpaired) electrons. The van der Waals surface area contributed by atoms with Crippen LogP contribution >= 0.6 is 0 Å². The van der Waals surface area contributed by atoms with Crippen LogP contribution in [0.3, 0.4) is 0 Å². The largest absolute Gasteiger partial charge is 0.466 e. The first-order valence-corrected chi connectivity index (χ1v) is 6.20. The molecule has 0 fully saturated rings. The Balaban J connectivity index is 6.18. The summed E-state index contributed by atoms with van der Waals surface area (Å²) in [4.78, 5) is 23.0. The number of rotatable bonds is 6. The van der Waals surface area contributed by atoms with Gasteiger partial charge in [0.25, 0.3) is 5.60 Å². The fourth-order valence-corrected chi connectivity index (χ4v) is 1.70. The zero-order chi connectivity index (χ0) is 18.6. The van der Waals surface area contributed by atoms with E-state index in [0.29, 0.717) is 0 Å². The molecule has 0 bridgehead atoms. The van der Waals surface area contributed by atoms with Gasteiger partial charge in [-0.15, -0.1) is 0 Å². The van der Waals surface area contributed by atoms with Crippen LogP contribution in [-0.2, 0) is 19.1 Å². The lowest BCUT2D eigenvalue weighted by Crippen LogP contribution is -2.68. The molecule has 6 nitrogen and oxygen atoms in total. The molecule has 0 aromatic rings. The van der Waals surface area contributed by atoms with Crippen molar-refractivity contribution in [2.24, 2.45) is 11.7 Å². The van der Waals surface area contributed by atoms with Crippen LogP contribution in [0, 0.1) is 5.92 Å². The predicted octanol–water partition coefficient (Wildman–Crippen LogP) is 0.912. The standard InChI is InChI=1S/C11H15F6NO5/c1-3-22-7(19)5(6(18)8(20)23-4-2)9(21,10(12,13)14)11(15,16)17/h5-6,21H,3-4,18H2,1-2H3/t5-,6-/m0/s1. The number of hydrogen-bond acceptors (Lipinski definition) is 6. The summed E-state index contributed by atoms with van der Waals surface area (Å²) >= 11 is 0. The Hall–Kier alpha value is -1.56. The molecule has 23 heavy (non-hydrogen) atoms. The Morgan fingerprint density at radius 3 is 1.61 bits per heavy atom. The first-order valence-electron chi connectivity index (χ1n) is 6.20. The van der Waals surface area contributed by atoms with Gasteiger partial charge in [-0.25, -0.2) is 0 Å². The Labute approximate surface area is 126 Å². The van der Waals surface area contributed by atoms with Crippen LogP contribution in [0.1, 0.15) is 13.8 Å². The molecule has 0 unspecified atom stereocenters. The predicted molar refractivity (Wildman–Crippen MR) is 61.8 cm³/mol. The van der Waals surface area contributed by atoms with E-state index >= 15 is 0 Å². The van der Waals surface area contributed by atoms with Crippen LogP contribution in [0.4, 0.5) is 26.3 Å². The summed E-state index contributed by atoms with van der Waals surface area (Å²) in [5.74, 6) is -7.34. The van der Waals surface area contributed by atoms with Gasteiger partial charge in [0.1, 0.15) is 12.0 Å². The molecule has 0 aliphatic carbocycles. The number of carbonyl (C=O) groups excluding carboxylic acids is 2. The summed E-state index contributed by atoms with van der Waals surface area (Å²) in [6, 6.07) is -2.75. The van der Waals surface area contributed by atoms with Gasteiger partial charge in [0.15, 0.2) is 0 Å². The van der Waals surface area contributed by atoms with Gasteiger partial charge in [-0.3, -0.25) is 9.59 Å². The summed E-state index contributed by atoms with van der Waals surface area (Å²) in [6.45, 7) is 1.30. The molecule has 3 N–H and O–H groups in total. The van der Waals surface area contributed by atoms with E-state index in [1.54, 1.807) is 0 Å². The lowest BCUT2D eigenvalue weighted by atomic mass is 9.80. The molecule has 0 aliphatic rings. The third-order valence-electron chi connectivity index (χ3n) is 2.77. The van der Waals surface area contributed by atoms with Crippen molar-refractivity contribution < 1.29 is 50.5 Å². The lowest BCUT2D eigenvalue weighted by Gasteiger charge is -2.38. The second kappa shape index (κ2) is 7.34. The first kappa shape index (κ1) is 21.4. The maximum Gasteiger partial charge on any atom is 0.427 e. The summed E-state index contributed by atoms with van der Waals surface area (Å²) in [6.07, 6.45) is -12.7. The van der Waals surface area contributed by atoms with Gasteiger partial charge < -0.3 is 20.3 Å². The average molecular weight is 355 g/mol. The Morgan fingerprint density at radius 2 is 1.30 bits per heavy atom. The highest BCUT2D eigenvalue weighted by Crippen LogP contribution is 2.49. The highest BCUT2D eigenvalue weighted by Gasteiger charge is 2.77. The summed E-state index contributed by atoms with van der Waals surface area (Å²) in [7, 11) is 0. The normalized spacial score (nSPS) is 15.7. The van der Waals surface area contributed by atoms with E-state index in [4.69, 9.17) is 5.73 Å². The van der Waals surface area contributed by atoms with Crippen LogP contribution in [0.5, 0.6) is 0 Å². The van der Waals surface area contributed by atoms with E-state index in [9.17, 15) is 41.0 Å². The molecule has 0 aromatic carbocycles. The number of halogens is 6. The SMILES string of the molecule is CCOC(=O)[C@@H](N)[C@@H](C(=O)OCC)C(O)(C(F)(F)F)C(F)(F)F. The van der Waals surface area contributed by atoms with Gasteiger partial charge in [0, 0.05) is 0 Å². The van der Waals surface area contributed by atoms with E-state index in [-0.39, 0.29) is 0 Å². The molecule has 0 aromatic heterocycles. The van der Waals surface area contributed by atoms with Gasteiger partial charge in [-0.2, -0.15) is 26.3 Å². The molecule has 12 heteroatoms. The van der Waals surface area contributed by atoms with Crippen molar-refractivity contribution in [2.75, 3.05) is 13.2 Å². The van der Waals surface area contributed by atoms with Crippen LogP contribution in [0.15, 0.2) is 0 Å². The fraction of sp³-hybridized carbons (Fsp3) is 0.818. The van der Waals surface area contributed by atoms with Crippen molar-refractivity contribution >= 4 is 11.9 Å². The molecule has 0 spiro atoms. The summed E-state index contributed by atoms with van der Waals surface area (Å²) in [5.41, 5.74) is -0.562. The van der Waals surface area contributed by atoms with E-state index in [1.807, 2.05) is 0 Å². The minimum atomic E-state index is -6.35. The van der Waals surface area contributed by atoms with Gasteiger partial charge >= 0.3 is 24.3 Å². The van der Waals surface area contributed by atoms with E-state index in [1.165, 1.54) is 6.92 Å². The maximum atomic E-state index is 12.9. The monoisotopic (exact) mass is 355 g/mol. The summed E-state index contributed by atoms with van der Waals surface area (Å²) in [5, 5.41) is 9.29. The average Bonchev–Trinajstić information content (AvgIpc) is 2.36. The Bertz CT molecular complexity index is 422. The number of carbonyl (C=O) groups is 2. The zero-order valence-corrected chi connectivity index (χ0v) is 12.0. The third kappa shape index (κ3) is 4.25. The van der Waals surface area contributed by atoms with Crippen molar-refractivity contribution in [1.82, 2.24) is 0 Å². The Kier molecular flexibility index (Phi) is 6.84. The third-order valence-corrected chi connectivity index (χ3v) is 2.77. The van der Waals surface area contributed by atoms with Gasteiger partial charge in [0.2, 0.25) is 0 Å². The van der Waals surface area contributed by atoms with Crippen LogP contribution < -0.4 is 5.73 Å². The number of hydrogen-bond donors (Lipinski definition) is 2. The minimum absolute atomic E-state index is 0.418. The van der Waals surface area contributed by atoms with Crippen LogP contribution in [0.25, 0.3) is 0 Å². The van der Waals surface area contributed by atoms with Crippen LogP contribution in [-0.4, -0.2) is 54.3 Å². The molecule has 0 aliphatic heterocycles. The highest BCUT2D eigenvalue weighted by molar-refractivity contribution is 5.85. The second-order valence-electron chi connectivity index (χ2n) is 4.27. The molecule has 0 rings (SSSR count). The molecular formula is C11H15F6NO5. The van der Waals surface area contributed by atoms with Crippen molar-refractivity contribution in [3.63, 3.8) is 0 Å². The van der Waals surface area contributed by atoms with Gasteiger partial charge in [-0.05, 0) is 13.8 Å². The van der Waals surface area contributed by atoms with E-state index < -0.39 is 55.1 Å². The van der Waals surface area contributed by atoms with E-state index in [2.05, 4.69) is 9.47 Å². The molecule has 0 saturated heterocycles. The lowest BCUT2D eigenvalue weighted by molar-refractivity contribution is -0.383. The van der Waals surface area contributed by atoms with E-state index in [0.717, 1.165) is 6.92 Å². The van der Waals surface area contributed by atoms with Crippen molar-refractivity contribution in [2.45, 2.75) is 37.8 Å². The molecule has 2 atom stereocenters. The smallest absolute Gasteiger partial charge is 0.427 e. The zero-order valence-electron chi connectivity index (χ0n) is 12.0. The molecule has 136 valence electrons. The quantitative estimate of drug-likeness (QED) is 0.543. The topological polar surface area (TPSA) is 98.9 Å². The number of ether oxygens (including phenoxy) is 2. The maximum absolute atomic E-state index is 12.9. The highest BCUT2D eigenvalue weighted by atomic mass is 19.4. The fourth-order valence-electron chi connectivity index (χ4n) is 1.70. The minimum Gasteiger partial charge on any atom is -0.466 e. The molecular weight excluding hydrogens is 340 g/mol. The number of alkyl halides is 6. The second-order valence-corrected chi connectivity index (χ2v) is 4.27. The van der Waals surface area contributed by atoms with Crippen molar-refractivity contribution in [3.05, 3.63) is 0 Å². The molecule has 0 saturated carbocycles. The number of esters is 2. The van der Waals surface area contributed by atoms with Gasteiger partial charge in [-0.1, -0.05) is 0 Å². The number of nitrogens with two attached hydrogens (primary N) is 1. The van der Waals surface area contributed by atoms with Crippen molar-refractivity contribution in [1.29, 1.82) is 0 Å². The van der Waals surface area contributed by atoms with Crippen LogP contribution in [0.2, 0.25) is 0 Å². The van der Waals surface area contributed by atoms with Crippen molar-refractivity contribution in [3.8, 4) is 0 Å².